The van der Waals surface area contributed by atoms with Crippen molar-refractivity contribution in [2.45, 2.75) is 19.1 Å². The lowest BCUT2D eigenvalue weighted by Crippen LogP contribution is -2.36. The van der Waals surface area contributed by atoms with Gasteiger partial charge in [-0.05, 0) is 27.1 Å². The lowest BCUT2D eigenvalue weighted by molar-refractivity contribution is 0.107. The monoisotopic (exact) mass is 240 g/mol. The van der Waals surface area contributed by atoms with Crippen LogP contribution in [0.15, 0.2) is 24.3 Å². The zero-order valence-electron chi connectivity index (χ0n) is 10.7. The normalized spacial score (nSPS) is 14.9. The Bertz CT molecular complexity index is 346. The minimum absolute atomic E-state index is 0.0530. The minimum Gasteiger partial charge on any atom is -0.390 e. The second kappa shape index (κ2) is 6.69. The van der Waals surface area contributed by atoms with E-state index in [-0.39, 0.29) is 11.9 Å². The van der Waals surface area contributed by atoms with E-state index in [1.54, 1.807) is 19.2 Å². The molecule has 1 aromatic carbocycles. The maximum atomic E-state index is 13.6. The van der Waals surface area contributed by atoms with Gasteiger partial charge in [0, 0.05) is 24.7 Å². The first-order chi connectivity index (χ1) is 8.06. The number of hydrogen-bond donors (Lipinski definition) is 2. The molecule has 0 aliphatic heterocycles. The number of nitrogens with one attached hydrogen (secondary N) is 1. The molecule has 2 N–H and O–H groups in total. The summed E-state index contributed by atoms with van der Waals surface area (Å²) in [4.78, 5) is 1.94. The van der Waals surface area contributed by atoms with Crippen LogP contribution in [0.2, 0.25) is 0 Å². The molecule has 0 saturated carbocycles. The summed E-state index contributed by atoms with van der Waals surface area (Å²) in [5, 5.41) is 12.6. The first-order valence-corrected chi connectivity index (χ1v) is 5.83. The van der Waals surface area contributed by atoms with Gasteiger partial charge in [0.2, 0.25) is 0 Å². The van der Waals surface area contributed by atoms with Crippen molar-refractivity contribution in [3.05, 3.63) is 35.6 Å². The van der Waals surface area contributed by atoms with E-state index < -0.39 is 6.10 Å². The predicted octanol–water partition coefficient (Wildman–Crippen LogP) is 1.40. The lowest BCUT2D eigenvalue weighted by atomic mass is 10.1. The van der Waals surface area contributed by atoms with Gasteiger partial charge in [0.1, 0.15) is 5.82 Å². The molecule has 0 aromatic heterocycles. The summed E-state index contributed by atoms with van der Waals surface area (Å²) in [6.07, 6.45) is -0.445. The third kappa shape index (κ3) is 4.07. The molecule has 0 amide bonds. The molecular formula is C13H21FN2O. The van der Waals surface area contributed by atoms with Gasteiger partial charge in [-0.3, -0.25) is 4.90 Å². The highest BCUT2D eigenvalue weighted by Gasteiger charge is 2.17. The molecule has 3 nitrogen and oxygen atoms in total. The third-order valence-corrected chi connectivity index (χ3v) is 2.95. The summed E-state index contributed by atoms with van der Waals surface area (Å²) in [5.41, 5.74) is 0.659. The molecule has 1 rings (SSSR count). The van der Waals surface area contributed by atoms with Crippen LogP contribution in [0.3, 0.4) is 0 Å². The Morgan fingerprint density at radius 2 is 2.06 bits per heavy atom. The molecule has 0 fully saturated rings. The minimum atomic E-state index is -0.445. The Kier molecular flexibility index (Phi) is 5.55. The van der Waals surface area contributed by atoms with Crippen LogP contribution in [0.5, 0.6) is 0 Å². The molecule has 0 heterocycles. The van der Waals surface area contributed by atoms with Crippen LogP contribution >= 0.6 is 0 Å². The van der Waals surface area contributed by atoms with Gasteiger partial charge in [0.05, 0.1) is 6.10 Å². The zero-order chi connectivity index (χ0) is 12.8. The lowest BCUT2D eigenvalue weighted by Gasteiger charge is -2.27. The van der Waals surface area contributed by atoms with Crippen LogP contribution in [0.4, 0.5) is 4.39 Å². The van der Waals surface area contributed by atoms with Crippen molar-refractivity contribution in [3.63, 3.8) is 0 Å². The van der Waals surface area contributed by atoms with Crippen LogP contribution in [0.1, 0.15) is 18.5 Å². The van der Waals surface area contributed by atoms with Gasteiger partial charge < -0.3 is 10.4 Å². The van der Waals surface area contributed by atoms with E-state index in [9.17, 15) is 9.50 Å². The largest absolute Gasteiger partial charge is 0.390 e. The van der Waals surface area contributed by atoms with E-state index in [1.807, 2.05) is 24.9 Å². The number of aliphatic hydroxyl groups is 1. The fraction of sp³-hybridized carbons (Fsp3) is 0.538. The molecule has 96 valence electrons. The molecule has 2 atom stereocenters. The SMILES string of the molecule is CNCC(O)CN(C)C(C)c1ccccc1F. The Labute approximate surface area is 102 Å². The molecular weight excluding hydrogens is 219 g/mol. The number of halogens is 1. The molecule has 0 spiro atoms. The topological polar surface area (TPSA) is 35.5 Å². The van der Waals surface area contributed by atoms with Gasteiger partial charge in [-0.2, -0.15) is 0 Å². The van der Waals surface area contributed by atoms with E-state index in [0.717, 1.165) is 0 Å². The fourth-order valence-corrected chi connectivity index (χ4v) is 1.84. The molecule has 0 radical (unpaired) electrons. The summed E-state index contributed by atoms with van der Waals surface area (Å²) in [5.74, 6) is -0.199. The standard InChI is InChI=1S/C13H21FN2O/c1-10(12-6-4-5-7-13(12)14)16(3)9-11(17)8-15-2/h4-7,10-11,15,17H,8-9H2,1-3H3. The van der Waals surface area contributed by atoms with Crippen molar-refractivity contribution in [2.24, 2.45) is 0 Å². The highest BCUT2D eigenvalue weighted by atomic mass is 19.1. The van der Waals surface area contributed by atoms with Crippen molar-refractivity contribution in [3.8, 4) is 0 Å². The molecule has 0 saturated heterocycles. The van der Waals surface area contributed by atoms with Crippen LogP contribution in [0, 0.1) is 5.82 Å². The molecule has 0 aliphatic rings. The number of rotatable bonds is 6. The predicted molar refractivity (Wildman–Crippen MR) is 67.4 cm³/mol. The van der Waals surface area contributed by atoms with Crippen LogP contribution in [0.25, 0.3) is 0 Å². The summed E-state index contributed by atoms with van der Waals surface area (Å²) in [6.45, 7) is 2.98. The first kappa shape index (κ1) is 14.1. The summed E-state index contributed by atoms with van der Waals surface area (Å²) >= 11 is 0. The molecule has 2 unspecified atom stereocenters. The molecule has 1 aromatic rings. The Morgan fingerprint density at radius 1 is 1.41 bits per heavy atom. The first-order valence-electron chi connectivity index (χ1n) is 5.83. The Hall–Kier alpha value is -0.970. The van der Waals surface area contributed by atoms with E-state index in [2.05, 4.69) is 5.32 Å². The second-order valence-corrected chi connectivity index (χ2v) is 4.35. The average Bonchev–Trinajstić information content (AvgIpc) is 2.29. The van der Waals surface area contributed by atoms with Crippen molar-refractivity contribution >= 4 is 0 Å². The summed E-state index contributed by atoms with van der Waals surface area (Å²) < 4.78 is 13.6. The third-order valence-electron chi connectivity index (χ3n) is 2.95. The maximum Gasteiger partial charge on any atom is 0.127 e. The van der Waals surface area contributed by atoms with Crippen LogP contribution in [-0.2, 0) is 0 Å². The maximum absolute atomic E-state index is 13.6. The molecule has 4 heteroatoms. The van der Waals surface area contributed by atoms with Crippen molar-refractivity contribution in [1.82, 2.24) is 10.2 Å². The number of likely N-dealkylation sites (N-methyl/N-ethyl adjacent to an activating group) is 2. The zero-order valence-corrected chi connectivity index (χ0v) is 10.7. The number of benzene rings is 1. The number of nitrogens with zero attached hydrogens (tertiary/aromatic N) is 1. The molecule has 0 aliphatic carbocycles. The van der Waals surface area contributed by atoms with Crippen LogP contribution in [-0.4, -0.2) is 43.3 Å². The molecule has 17 heavy (non-hydrogen) atoms. The van der Waals surface area contributed by atoms with Gasteiger partial charge in [0.25, 0.3) is 0 Å². The quantitative estimate of drug-likeness (QED) is 0.789. The summed E-state index contributed by atoms with van der Waals surface area (Å²) in [6, 6.07) is 6.70. The van der Waals surface area contributed by atoms with Crippen molar-refractivity contribution < 1.29 is 9.50 Å². The molecule has 0 bridgehead atoms. The van der Waals surface area contributed by atoms with Gasteiger partial charge in [-0.1, -0.05) is 18.2 Å². The average molecular weight is 240 g/mol. The number of aliphatic hydroxyl groups excluding tert-OH is 1. The smallest absolute Gasteiger partial charge is 0.127 e. The van der Waals surface area contributed by atoms with E-state index in [1.165, 1.54) is 6.07 Å². The summed E-state index contributed by atoms with van der Waals surface area (Å²) in [7, 11) is 3.68. The highest BCUT2D eigenvalue weighted by molar-refractivity contribution is 5.20. The van der Waals surface area contributed by atoms with Gasteiger partial charge in [0.15, 0.2) is 0 Å². The van der Waals surface area contributed by atoms with E-state index in [0.29, 0.717) is 18.7 Å². The van der Waals surface area contributed by atoms with Gasteiger partial charge in [-0.25, -0.2) is 4.39 Å². The van der Waals surface area contributed by atoms with Gasteiger partial charge >= 0.3 is 0 Å². The van der Waals surface area contributed by atoms with Crippen molar-refractivity contribution in [2.75, 3.05) is 27.2 Å². The number of hydrogen-bond acceptors (Lipinski definition) is 3. The fourth-order valence-electron chi connectivity index (χ4n) is 1.84. The Balaban J connectivity index is 2.63. The Morgan fingerprint density at radius 3 is 2.65 bits per heavy atom. The highest BCUT2D eigenvalue weighted by Crippen LogP contribution is 2.21. The van der Waals surface area contributed by atoms with Crippen LogP contribution < -0.4 is 5.32 Å². The van der Waals surface area contributed by atoms with E-state index >= 15 is 0 Å². The van der Waals surface area contributed by atoms with Gasteiger partial charge in [-0.15, -0.1) is 0 Å². The second-order valence-electron chi connectivity index (χ2n) is 4.35. The van der Waals surface area contributed by atoms with Crippen molar-refractivity contribution in [1.29, 1.82) is 0 Å². The van der Waals surface area contributed by atoms with E-state index in [4.69, 9.17) is 0 Å².